The maximum absolute atomic E-state index is 12.2. The number of nitrogens with one attached hydrogen (secondary N) is 1. The summed E-state index contributed by atoms with van der Waals surface area (Å²) < 4.78 is 11.1. The number of benzene rings is 2. The van der Waals surface area contributed by atoms with Crippen molar-refractivity contribution >= 4 is 5.91 Å². The second-order valence-corrected chi connectivity index (χ2v) is 7.39. The predicted molar refractivity (Wildman–Crippen MR) is 106 cm³/mol. The van der Waals surface area contributed by atoms with Crippen molar-refractivity contribution in [2.45, 2.75) is 31.3 Å². The van der Waals surface area contributed by atoms with Gasteiger partial charge in [-0.3, -0.25) is 4.79 Å². The van der Waals surface area contributed by atoms with Gasteiger partial charge >= 0.3 is 0 Å². The molecule has 0 heterocycles. The van der Waals surface area contributed by atoms with Gasteiger partial charge in [-0.25, -0.2) is 0 Å². The lowest BCUT2D eigenvalue weighted by molar-refractivity contribution is -0.0129. The minimum Gasteiger partial charge on any atom is -0.508 e. The Kier molecular flexibility index (Phi) is 6.41. The summed E-state index contributed by atoms with van der Waals surface area (Å²) in [6.07, 6.45) is 2.93. The average molecular weight is 385 g/mol. The normalized spacial score (nSPS) is 21.7. The standard InChI is InChI=1S/C22H27NO5/c1-27-19-3-2-4-20(13-19)28-14-16-9-11-22(26,12-10-16)15-23-21(25)17-5-7-18(24)8-6-17/h2-8,13,16,24,26H,9-12,14-15H2,1H3,(H,23,25)/t16-,22+. The van der Waals surface area contributed by atoms with Gasteiger partial charge < -0.3 is 25.0 Å². The number of amides is 1. The van der Waals surface area contributed by atoms with Gasteiger partial charge in [-0.05, 0) is 68.0 Å². The molecule has 6 heteroatoms. The van der Waals surface area contributed by atoms with Gasteiger partial charge in [0.2, 0.25) is 0 Å². The largest absolute Gasteiger partial charge is 0.508 e. The number of aliphatic hydroxyl groups is 1. The minimum absolute atomic E-state index is 0.115. The topological polar surface area (TPSA) is 88.0 Å². The fourth-order valence-corrected chi connectivity index (χ4v) is 3.42. The summed E-state index contributed by atoms with van der Waals surface area (Å²) in [4.78, 5) is 12.2. The molecule has 3 N–H and O–H groups in total. The van der Waals surface area contributed by atoms with Crippen LogP contribution in [0.4, 0.5) is 0 Å². The number of hydrogen-bond acceptors (Lipinski definition) is 5. The van der Waals surface area contributed by atoms with Crippen LogP contribution in [0.1, 0.15) is 36.0 Å². The molecule has 0 aromatic heterocycles. The van der Waals surface area contributed by atoms with Crippen molar-refractivity contribution in [2.24, 2.45) is 5.92 Å². The first-order valence-electron chi connectivity index (χ1n) is 9.54. The van der Waals surface area contributed by atoms with Crippen LogP contribution < -0.4 is 14.8 Å². The lowest BCUT2D eigenvalue weighted by atomic mass is 9.79. The Morgan fingerprint density at radius 1 is 1.14 bits per heavy atom. The van der Waals surface area contributed by atoms with Gasteiger partial charge in [-0.2, -0.15) is 0 Å². The first-order chi connectivity index (χ1) is 13.5. The molecule has 6 nitrogen and oxygen atoms in total. The van der Waals surface area contributed by atoms with Gasteiger partial charge in [0.15, 0.2) is 0 Å². The van der Waals surface area contributed by atoms with Gasteiger partial charge in [0, 0.05) is 18.2 Å². The van der Waals surface area contributed by atoms with E-state index in [0.29, 0.717) is 30.9 Å². The molecule has 0 saturated heterocycles. The Bertz CT molecular complexity index is 782. The molecule has 150 valence electrons. The van der Waals surface area contributed by atoms with Crippen molar-refractivity contribution in [1.82, 2.24) is 5.32 Å². The molecule has 1 saturated carbocycles. The molecule has 1 aliphatic carbocycles. The van der Waals surface area contributed by atoms with E-state index in [2.05, 4.69) is 5.32 Å². The first kappa shape index (κ1) is 20.0. The molecule has 1 aliphatic rings. The monoisotopic (exact) mass is 385 g/mol. The molecule has 28 heavy (non-hydrogen) atoms. The van der Waals surface area contributed by atoms with Gasteiger partial charge in [0.1, 0.15) is 17.2 Å². The zero-order chi connectivity index (χ0) is 20.0. The second-order valence-electron chi connectivity index (χ2n) is 7.39. The van der Waals surface area contributed by atoms with Crippen molar-refractivity contribution < 1.29 is 24.5 Å². The third kappa shape index (κ3) is 5.39. The molecule has 0 radical (unpaired) electrons. The fourth-order valence-electron chi connectivity index (χ4n) is 3.42. The predicted octanol–water partition coefficient (Wildman–Crippen LogP) is 3.13. The van der Waals surface area contributed by atoms with Crippen LogP contribution >= 0.6 is 0 Å². The fraction of sp³-hybridized carbons (Fsp3) is 0.409. The summed E-state index contributed by atoms with van der Waals surface area (Å²) in [5.41, 5.74) is -0.430. The number of methoxy groups -OCH3 is 1. The lowest BCUT2D eigenvalue weighted by Gasteiger charge is -2.36. The zero-order valence-electron chi connectivity index (χ0n) is 16.1. The molecule has 0 atom stereocenters. The van der Waals surface area contributed by atoms with Gasteiger partial charge in [-0.1, -0.05) is 6.07 Å². The molecule has 1 amide bonds. The van der Waals surface area contributed by atoms with Crippen LogP contribution in [0.5, 0.6) is 17.2 Å². The molecule has 0 bridgehead atoms. The molecule has 3 rings (SSSR count). The quantitative estimate of drug-likeness (QED) is 0.682. The third-order valence-electron chi connectivity index (χ3n) is 5.27. The van der Waals surface area contributed by atoms with Crippen molar-refractivity contribution in [3.8, 4) is 17.2 Å². The van der Waals surface area contributed by atoms with E-state index < -0.39 is 5.60 Å². The lowest BCUT2D eigenvalue weighted by Crippen LogP contribution is -2.45. The van der Waals surface area contributed by atoms with Crippen molar-refractivity contribution in [3.63, 3.8) is 0 Å². The zero-order valence-corrected chi connectivity index (χ0v) is 16.1. The summed E-state index contributed by atoms with van der Waals surface area (Å²) in [7, 11) is 1.63. The highest BCUT2D eigenvalue weighted by molar-refractivity contribution is 5.94. The van der Waals surface area contributed by atoms with Crippen LogP contribution in [0, 0.1) is 5.92 Å². The summed E-state index contributed by atoms with van der Waals surface area (Å²) in [6.45, 7) is 0.819. The van der Waals surface area contributed by atoms with Crippen LogP contribution in [-0.4, -0.2) is 42.0 Å². The van der Waals surface area contributed by atoms with Crippen LogP contribution in [0.2, 0.25) is 0 Å². The molecule has 0 aliphatic heterocycles. The maximum atomic E-state index is 12.2. The molecule has 0 spiro atoms. The van der Waals surface area contributed by atoms with Crippen molar-refractivity contribution in [1.29, 1.82) is 0 Å². The highest BCUT2D eigenvalue weighted by Gasteiger charge is 2.33. The van der Waals surface area contributed by atoms with Crippen LogP contribution in [0.15, 0.2) is 48.5 Å². The number of carbonyl (C=O) groups is 1. The van der Waals surface area contributed by atoms with E-state index in [9.17, 15) is 15.0 Å². The van der Waals surface area contributed by atoms with Crippen LogP contribution in [-0.2, 0) is 0 Å². The Morgan fingerprint density at radius 3 is 2.50 bits per heavy atom. The molecule has 1 fully saturated rings. The highest BCUT2D eigenvalue weighted by Crippen LogP contribution is 2.32. The maximum Gasteiger partial charge on any atom is 0.251 e. The van der Waals surface area contributed by atoms with Gasteiger partial charge in [-0.15, -0.1) is 0 Å². The van der Waals surface area contributed by atoms with E-state index in [-0.39, 0.29) is 18.2 Å². The molecule has 2 aromatic rings. The summed E-state index contributed by atoms with van der Waals surface area (Å²) in [6, 6.07) is 13.6. The SMILES string of the molecule is COc1cccc(OC[C@H]2CC[C@](O)(CNC(=O)c3ccc(O)cc3)CC2)c1. The second kappa shape index (κ2) is 8.97. The van der Waals surface area contributed by atoms with E-state index in [1.165, 1.54) is 12.1 Å². The number of phenols is 1. The van der Waals surface area contributed by atoms with Crippen LogP contribution in [0.25, 0.3) is 0 Å². The minimum atomic E-state index is -0.890. The Hall–Kier alpha value is -2.73. The van der Waals surface area contributed by atoms with E-state index >= 15 is 0 Å². The number of rotatable bonds is 7. The smallest absolute Gasteiger partial charge is 0.251 e. The number of carbonyl (C=O) groups excluding carboxylic acids is 1. The van der Waals surface area contributed by atoms with Crippen LogP contribution in [0.3, 0.4) is 0 Å². The Balaban J connectivity index is 1.43. The molecular weight excluding hydrogens is 358 g/mol. The van der Waals surface area contributed by atoms with E-state index in [1.54, 1.807) is 19.2 Å². The number of hydrogen-bond donors (Lipinski definition) is 3. The molecule has 2 aromatic carbocycles. The summed E-state index contributed by atoms with van der Waals surface area (Å²) in [5.74, 6) is 1.78. The first-order valence-corrected chi connectivity index (χ1v) is 9.54. The van der Waals surface area contributed by atoms with E-state index in [4.69, 9.17) is 9.47 Å². The van der Waals surface area contributed by atoms with Crippen molar-refractivity contribution in [2.75, 3.05) is 20.3 Å². The highest BCUT2D eigenvalue weighted by atomic mass is 16.5. The number of aromatic hydroxyl groups is 1. The Labute approximate surface area is 165 Å². The van der Waals surface area contributed by atoms with Gasteiger partial charge in [0.05, 0.1) is 19.3 Å². The average Bonchev–Trinajstić information content (AvgIpc) is 2.72. The summed E-state index contributed by atoms with van der Waals surface area (Å²) in [5, 5.41) is 22.9. The Morgan fingerprint density at radius 2 is 1.82 bits per heavy atom. The molecular formula is C22H27NO5. The summed E-state index contributed by atoms with van der Waals surface area (Å²) >= 11 is 0. The van der Waals surface area contributed by atoms with E-state index in [1.807, 2.05) is 24.3 Å². The third-order valence-corrected chi connectivity index (χ3v) is 5.27. The van der Waals surface area contributed by atoms with E-state index in [0.717, 1.165) is 24.3 Å². The van der Waals surface area contributed by atoms with Crippen molar-refractivity contribution in [3.05, 3.63) is 54.1 Å². The van der Waals surface area contributed by atoms with Gasteiger partial charge in [0.25, 0.3) is 5.91 Å². The molecule has 0 unspecified atom stereocenters. The number of ether oxygens (including phenoxy) is 2. The number of phenolic OH excluding ortho intramolecular Hbond substituents is 1.